The van der Waals surface area contributed by atoms with Crippen LogP contribution in [0.15, 0.2) is 36.4 Å². The van der Waals surface area contributed by atoms with Crippen LogP contribution in [0.3, 0.4) is 0 Å². The minimum absolute atomic E-state index is 0.0397. The molecule has 0 aromatic heterocycles. The van der Waals surface area contributed by atoms with Gasteiger partial charge in [0.05, 0.1) is 6.61 Å². The number of ether oxygens (including phenoxy) is 1. The molecule has 200 valence electrons. The number of rotatable bonds is 8. The zero-order chi connectivity index (χ0) is 27.2. The van der Waals surface area contributed by atoms with Crippen molar-refractivity contribution in [2.24, 2.45) is 22.7 Å². The number of aromatic hydroxyl groups is 2. The van der Waals surface area contributed by atoms with Crippen molar-refractivity contribution in [3.63, 3.8) is 0 Å². The highest BCUT2D eigenvalue weighted by Crippen LogP contribution is 2.64. The van der Waals surface area contributed by atoms with E-state index in [0.29, 0.717) is 12.3 Å². The van der Waals surface area contributed by atoms with E-state index in [9.17, 15) is 24.6 Å². The van der Waals surface area contributed by atoms with Crippen LogP contribution in [-0.4, -0.2) is 42.6 Å². The van der Waals surface area contributed by atoms with Gasteiger partial charge in [0, 0.05) is 19.9 Å². The summed E-state index contributed by atoms with van der Waals surface area (Å²) in [6, 6.07) is 3.30. The normalized spacial score (nSPS) is 28.6. The number of hydrogen-bond acceptors (Lipinski definition) is 6. The molecule has 4 aliphatic rings. The third-order valence-corrected chi connectivity index (χ3v) is 10.5. The molecule has 4 aliphatic carbocycles. The molecule has 0 aliphatic heterocycles. The number of esters is 1. The number of anilines is 1. The number of phenols is 2. The third-order valence-electron chi connectivity index (χ3n) is 8.80. The summed E-state index contributed by atoms with van der Waals surface area (Å²) in [6.07, 6.45) is 8.13. The highest BCUT2D eigenvalue weighted by atomic mass is 28.3. The zero-order valence-corrected chi connectivity index (χ0v) is 23.4. The predicted molar refractivity (Wildman–Crippen MR) is 145 cm³/mol. The Labute approximate surface area is 220 Å². The molecule has 37 heavy (non-hydrogen) atoms. The number of carbonyl (C=O) groups excluding carboxylic acids is 3. The van der Waals surface area contributed by atoms with Crippen LogP contribution >= 0.6 is 0 Å². The van der Waals surface area contributed by atoms with E-state index < -0.39 is 31.1 Å². The van der Waals surface area contributed by atoms with Crippen LogP contribution in [0.1, 0.15) is 55.8 Å². The first kappa shape index (κ1) is 27.2. The molecule has 1 amide bonds. The number of fused-ring (bicyclic) bond motifs is 2. The van der Waals surface area contributed by atoms with E-state index in [0.717, 1.165) is 31.7 Å². The molecule has 0 heterocycles. The fourth-order valence-corrected chi connectivity index (χ4v) is 7.14. The summed E-state index contributed by atoms with van der Waals surface area (Å²) in [7, 11) is -1.40. The van der Waals surface area contributed by atoms with Crippen molar-refractivity contribution in [2.75, 3.05) is 11.9 Å². The van der Waals surface area contributed by atoms with Crippen LogP contribution in [-0.2, 0) is 14.3 Å². The van der Waals surface area contributed by atoms with Crippen molar-refractivity contribution < 1.29 is 29.3 Å². The molecule has 1 aromatic rings. The number of nitrogens with one attached hydrogen (secondary N) is 1. The van der Waals surface area contributed by atoms with Crippen LogP contribution in [0.2, 0.25) is 25.7 Å². The summed E-state index contributed by atoms with van der Waals surface area (Å²) < 4.78 is 5.31. The Morgan fingerprint density at radius 3 is 2.65 bits per heavy atom. The van der Waals surface area contributed by atoms with Gasteiger partial charge in [-0.3, -0.25) is 9.59 Å². The first-order chi connectivity index (χ1) is 17.3. The van der Waals surface area contributed by atoms with Gasteiger partial charge in [-0.2, -0.15) is 0 Å². The number of ketones is 1. The van der Waals surface area contributed by atoms with Crippen molar-refractivity contribution in [1.29, 1.82) is 0 Å². The molecular weight excluding hydrogens is 486 g/mol. The Morgan fingerprint density at radius 2 is 1.97 bits per heavy atom. The molecule has 3 fully saturated rings. The van der Waals surface area contributed by atoms with Crippen molar-refractivity contribution >= 4 is 31.4 Å². The number of phenolic OH excluding ortho intramolecular Hbond substituents is 2. The average Bonchev–Trinajstić information content (AvgIpc) is 2.82. The van der Waals surface area contributed by atoms with Crippen LogP contribution < -0.4 is 5.32 Å². The van der Waals surface area contributed by atoms with Crippen LogP contribution in [0.25, 0.3) is 0 Å². The highest BCUT2D eigenvalue weighted by molar-refractivity contribution is 6.76. The van der Waals surface area contributed by atoms with Gasteiger partial charge in [-0.25, -0.2) is 4.79 Å². The number of hydrogen-bond donors (Lipinski definition) is 3. The van der Waals surface area contributed by atoms with Crippen LogP contribution in [0.4, 0.5) is 5.69 Å². The van der Waals surface area contributed by atoms with Gasteiger partial charge in [0.1, 0.15) is 17.0 Å². The number of amides is 1. The Bertz CT molecular complexity index is 1170. The molecule has 0 saturated heterocycles. The lowest BCUT2D eigenvalue weighted by Crippen LogP contribution is -2.54. The molecule has 5 rings (SSSR count). The maximum absolute atomic E-state index is 13.1. The summed E-state index contributed by atoms with van der Waals surface area (Å²) in [5.74, 6) is -1.41. The van der Waals surface area contributed by atoms with Crippen molar-refractivity contribution in [3.8, 4) is 11.5 Å². The fraction of sp³-hybridized carbons (Fsp3) is 0.552. The van der Waals surface area contributed by atoms with Gasteiger partial charge in [0.15, 0.2) is 11.5 Å². The minimum atomic E-state index is -1.40. The quantitative estimate of drug-likeness (QED) is 0.171. The van der Waals surface area contributed by atoms with Gasteiger partial charge < -0.3 is 20.3 Å². The van der Waals surface area contributed by atoms with E-state index >= 15 is 0 Å². The lowest BCUT2D eigenvalue weighted by atomic mass is 9.44. The van der Waals surface area contributed by atoms with E-state index in [4.69, 9.17) is 4.74 Å². The second-order valence-electron chi connectivity index (χ2n) is 12.6. The number of carbonyl (C=O) groups is 3. The summed E-state index contributed by atoms with van der Waals surface area (Å²) >= 11 is 0. The van der Waals surface area contributed by atoms with E-state index in [-0.39, 0.29) is 47.1 Å². The van der Waals surface area contributed by atoms with Gasteiger partial charge in [0.2, 0.25) is 5.91 Å². The maximum atomic E-state index is 13.1. The van der Waals surface area contributed by atoms with Crippen LogP contribution in [0.5, 0.6) is 11.5 Å². The predicted octanol–water partition coefficient (Wildman–Crippen LogP) is 5.82. The molecule has 1 spiro atoms. The lowest BCUT2D eigenvalue weighted by molar-refractivity contribution is -0.136. The Kier molecular flexibility index (Phi) is 7.18. The molecule has 2 bridgehead atoms. The molecular formula is C29H39NO6Si. The maximum Gasteiger partial charge on any atom is 0.341 e. The largest absolute Gasteiger partial charge is 0.506 e. The van der Waals surface area contributed by atoms with E-state index in [1.165, 1.54) is 17.7 Å². The first-order valence-electron chi connectivity index (χ1n) is 13.2. The van der Waals surface area contributed by atoms with Gasteiger partial charge >= 0.3 is 5.97 Å². The van der Waals surface area contributed by atoms with E-state index in [1.807, 2.05) is 6.92 Å². The van der Waals surface area contributed by atoms with Gasteiger partial charge in [-0.15, -0.1) is 0 Å². The highest BCUT2D eigenvalue weighted by Gasteiger charge is 2.58. The third kappa shape index (κ3) is 5.26. The van der Waals surface area contributed by atoms with Gasteiger partial charge in [0.25, 0.3) is 0 Å². The topological polar surface area (TPSA) is 113 Å². The molecule has 8 heteroatoms. The summed E-state index contributed by atoms with van der Waals surface area (Å²) in [5, 5.41) is 23.5. The lowest BCUT2D eigenvalue weighted by Gasteiger charge is -2.59. The number of benzene rings is 1. The average molecular weight is 526 g/mol. The molecule has 7 nitrogen and oxygen atoms in total. The SMILES string of the molecule is C=C1C[C@@]23C=CC(=O)[C@](C)(CCC(=O)Nc4c(O)ccc(C(=O)OCC[Si](C)(C)C)c4O)C2C[C@@H]1CC3. The standard InChI is InChI=1S/C29H39NO6Si/c1-18-17-29-12-8-19(18)16-22(29)28(2,23(32)9-13-29)11-10-24(33)30-25-21(31)7-6-20(26(25)34)27(35)36-14-15-37(3,4)5/h6-7,9,13,19,22,31,34H,1,8,10-12,14-17H2,2-5H3,(H,30,33)/t19-,22?,28+,29+/m0/s1. The molecule has 3 saturated carbocycles. The summed E-state index contributed by atoms with van der Waals surface area (Å²) in [4.78, 5) is 38.6. The van der Waals surface area contributed by atoms with E-state index in [2.05, 4.69) is 37.6 Å². The Morgan fingerprint density at radius 1 is 1.24 bits per heavy atom. The van der Waals surface area contributed by atoms with E-state index in [1.54, 1.807) is 6.08 Å². The summed E-state index contributed by atoms with van der Waals surface area (Å²) in [5.41, 5.74) is 0.188. The fourth-order valence-electron chi connectivity index (χ4n) is 6.43. The number of allylic oxidation sites excluding steroid dienone is 3. The Hall–Kier alpha value is -2.87. The second-order valence-corrected chi connectivity index (χ2v) is 18.2. The van der Waals surface area contributed by atoms with Gasteiger partial charge in [-0.05, 0) is 73.6 Å². The molecule has 1 aromatic carbocycles. The van der Waals surface area contributed by atoms with Crippen LogP contribution in [0, 0.1) is 22.7 Å². The molecule has 4 atom stereocenters. The second kappa shape index (κ2) is 9.78. The van der Waals surface area contributed by atoms with Crippen molar-refractivity contribution in [3.05, 3.63) is 42.0 Å². The molecule has 0 radical (unpaired) electrons. The monoisotopic (exact) mass is 525 g/mol. The first-order valence-corrected chi connectivity index (χ1v) is 16.9. The minimum Gasteiger partial charge on any atom is -0.506 e. The van der Waals surface area contributed by atoms with Gasteiger partial charge in [-0.1, -0.05) is 44.8 Å². The van der Waals surface area contributed by atoms with Crippen molar-refractivity contribution in [2.45, 2.75) is 71.1 Å². The molecule has 1 unspecified atom stereocenters. The van der Waals surface area contributed by atoms with Crippen molar-refractivity contribution in [1.82, 2.24) is 0 Å². The Balaban J connectivity index is 1.44. The smallest absolute Gasteiger partial charge is 0.341 e. The summed E-state index contributed by atoms with van der Waals surface area (Å²) in [6.45, 7) is 13.0. The molecule has 3 N–H and O–H groups in total. The zero-order valence-electron chi connectivity index (χ0n) is 22.4.